The molecule has 1 aliphatic rings. The van der Waals surface area contributed by atoms with Crippen molar-refractivity contribution in [3.8, 4) is 0 Å². The normalized spacial score (nSPS) is 15.7. The third-order valence-electron chi connectivity index (χ3n) is 5.26. The van der Waals surface area contributed by atoms with Crippen LogP contribution in [-0.4, -0.2) is 54.8 Å². The van der Waals surface area contributed by atoms with Crippen LogP contribution in [0.25, 0.3) is 0 Å². The van der Waals surface area contributed by atoms with Crippen LogP contribution in [0.15, 0.2) is 92.5 Å². The zero-order valence-electron chi connectivity index (χ0n) is 18.4. The number of benzene rings is 2. The van der Waals surface area contributed by atoms with Gasteiger partial charge in [-0.3, -0.25) is 0 Å². The van der Waals surface area contributed by atoms with Crippen molar-refractivity contribution in [3.63, 3.8) is 0 Å². The summed E-state index contributed by atoms with van der Waals surface area (Å²) in [6.07, 6.45) is 0. The van der Waals surface area contributed by atoms with Gasteiger partial charge in [-0.05, 0) is 24.3 Å². The summed E-state index contributed by atoms with van der Waals surface area (Å²) in [4.78, 5) is 14.4. The zero-order valence-corrected chi connectivity index (χ0v) is 19.3. The van der Waals surface area contributed by atoms with Crippen LogP contribution < -0.4 is 16.4 Å². The summed E-state index contributed by atoms with van der Waals surface area (Å²) < 4.78 is 31.9. The number of hydrogen-bond donors (Lipinski definition) is 2. The summed E-state index contributed by atoms with van der Waals surface area (Å²) in [5, 5.41) is 3.83. The first-order chi connectivity index (χ1) is 16.3. The van der Waals surface area contributed by atoms with Crippen molar-refractivity contribution in [3.05, 3.63) is 84.8 Å². The summed E-state index contributed by atoms with van der Waals surface area (Å²) >= 11 is 0. The van der Waals surface area contributed by atoms with E-state index in [4.69, 9.17) is 16.0 Å². The van der Waals surface area contributed by atoms with Gasteiger partial charge >= 0.3 is 0 Å². The van der Waals surface area contributed by atoms with E-state index in [1.807, 2.05) is 30.3 Å². The van der Waals surface area contributed by atoms with Crippen LogP contribution in [0, 0.1) is 0 Å². The first-order valence-corrected chi connectivity index (χ1v) is 11.7. The van der Waals surface area contributed by atoms with Gasteiger partial charge in [-0.1, -0.05) is 48.1 Å². The van der Waals surface area contributed by atoms with E-state index in [9.17, 15) is 8.42 Å². The average molecular weight is 481 g/mol. The van der Waals surface area contributed by atoms with Crippen molar-refractivity contribution in [2.24, 2.45) is 21.5 Å². The molecule has 1 aromatic heterocycles. The van der Waals surface area contributed by atoms with Gasteiger partial charge in [0.05, 0.1) is 10.8 Å². The van der Waals surface area contributed by atoms with Gasteiger partial charge in [0.2, 0.25) is 27.7 Å². The minimum atomic E-state index is -3.56. The van der Waals surface area contributed by atoms with Crippen molar-refractivity contribution in [1.82, 2.24) is 14.4 Å². The lowest BCUT2D eigenvalue weighted by Crippen LogP contribution is -2.48. The number of para-hydroxylation sites is 1. The first kappa shape index (κ1) is 23.1. The van der Waals surface area contributed by atoms with E-state index in [1.165, 1.54) is 4.31 Å². The molecule has 0 saturated carbocycles. The fourth-order valence-corrected chi connectivity index (χ4v) is 4.80. The zero-order chi connectivity index (χ0) is 24.3. The second-order valence-electron chi connectivity index (χ2n) is 7.57. The summed E-state index contributed by atoms with van der Waals surface area (Å²) in [6, 6.07) is 17.8. The van der Waals surface area contributed by atoms with Gasteiger partial charge in [0.15, 0.2) is 5.84 Å². The van der Waals surface area contributed by atoms with Crippen LogP contribution >= 0.6 is 0 Å². The molecule has 34 heavy (non-hydrogen) atoms. The number of nitrogens with zero attached hydrogens (tertiary/aromatic N) is 6. The molecule has 0 atom stereocenters. The maximum Gasteiger partial charge on any atom is 0.243 e. The number of sulfonamides is 1. The molecule has 0 unspecified atom stereocenters. The van der Waals surface area contributed by atoms with Gasteiger partial charge in [-0.25, -0.2) is 8.42 Å². The minimum absolute atomic E-state index is 0.0412. The second kappa shape index (κ2) is 9.45. The number of guanidine groups is 1. The van der Waals surface area contributed by atoms with E-state index in [-0.39, 0.29) is 47.4 Å². The van der Waals surface area contributed by atoms with Crippen LogP contribution in [0.4, 0.5) is 5.69 Å². The molecular weight excluding hydrogens is 456 g/mol. The number of rotatable bonds is 7. The van der Waals surface area contributed by atoms with E-state index in [0.29, 0.717) is 5.82 Å². The molecule has 1 aliphatic heterocycles. The molecule has 1 fully saturated rings. The van der Waals surface area contributed by atoms with Crippen molar-refractivity contribution >= 4 is 27.5 Å². The predicted octanol–water partition coefficient (Wildman–Crippen LogP) is 1.49. The van der Waals surface area contributed by atoms with Crippen LogP contribution in [0.3, 0.4) is 0 Å². The van der Waals surface area contributed by atoms with E-state index < -0.39 is 10.0 Å². The number of hydrogen-bond acceptors (Lipinski definition) is 7. The quantitative estimate of drug-likeness (QED) is 0.380. The molecule has 176 valence electrons. The minimum Gasteiger partial charge on any atom is -0.380 e. The van der Waals surface area contributed by atoms with Gasteiger partial charge in [-0.2, -0.15) is 19.3 Å². The third-order valence-corrected chi connectivity index (χ3v) is 7.10. The molecule has 12 heteroatoms. The van der Waals surface area contributed by atoms with Crippen LogP contribution in [0.2, 0.25) is 0 Å². The number of nitrogens with two attached hydrogens (primary N) is 2. The summed E-state index contributed by atoms with van der Waals surface area (Å²) in [7, 11) is -1.76. The van der Waals surface area contributed by atoms with Crippen LogP contribution in [0.5, 0.6) is 0 Å². The Kier molecular flexibility index (Phi) is 6.43. The Balaban J connectivity index is 1.39. The highest BCUT2D eigenvalue weighted by Gasteiger charge is 2.40. The van der Waals surface area contributed by atoms with Gasteiger partial charge in [0.25, 0.3) is 0 Å². The third kappa shape index (κ3) is 4.82. The highest BCUT2D eigenvalue weighted by atomic mass is 32.2. The molecule has 0 bridgehead atoms. The fraction of sp³-hybridized carbons (Fsp3) is 0.182. The first-order valence-electron chi connectivity index (χ1n) is 10.3. The molecule has 4 rings (SSSR count). The lowest BCUT2D eigenvalue weighted by atomic mass is 10.0. The van der Waals surface area contributed by atoms with E-state index in [2.05, 4.69) is 26.7 Å². The van der Waals surface area contributed by atoms with Crippen LogP contribution in [0.1, 0.15) is 17.6 Å². The SMILES string of the molecule is C=C(N=C(N)N=C(N)c1noc(C2CN(S(=O)(=O)c3ccccc3)C2)n1)N(C)c1ccccc1. The van der Waals surface area contributed by atoms with Crippen LogP contribution in [-0.2, 0) is 10.0 Å². The van der Waals surface area contributed by atoms with Gasteiger partial charge in [-0.15, -0.1) is 0 Å². The molecule has 0 radical (unpaired) electrons. The topological polar surface area (TPSA) is 156 Å². The van der Waals surface area contributed by atoms with E-state index >= 15 is 0 Å². The van der Waals surface area contributed by atoms with Crippen molar-refractivity contribution in [1.29, 1.82) is 0 Å². The number of aromatic nitrogens is 2. The Bertz CT molecular complexity index is 1330. The molecule has 1 saturated heterocycles. The Morgan fingerprint density at radius 3 is 2.35 bits per heavy atom. The number of amidine groups is 1. The maximum absolute atomic E-state index is 12.6. The summed E-state index contributed by atoms with van der Waals surface area (Å²) in [5.41, 5.74) is 12.7. The summed E-state index contributed by atoms with van der Waals surface area (Å²) in [6.45, 7) is 4.35. The molecule has 0 spiro atoms. The molecule has 0 aliphatic carbocycles. The molecule has 11 nitrogen and oxygen atoms in total. The lowest BCUT2D eigenvalue weighted by Gasteiger charge is -2.35. The number of anilines is 1. The predicted molar refractivity (Wildman–Crippen MR) is 129 cm³/mol. The molecule has 3 aromatic rings. The van der Waals surface area contributed by atoms with E-state index in [0.717, 1.165) is 5.69 Å². The largest absolute Gasteiger partial charge is 0.380 e. The van der Waals surface area contributed by atoms with Gasteiger partial charge in [0.1, 0.15) is 5.82 Å². The fourth-order valence-electron chi connectivity index (χ4n) is 3.24. The molecule has 2 aromatic carbocycles. The Morgan fingerprint density at radius 2 is 1.71 bits per heavy atom. The standard InChI is InChI=1S/C22H24N8O3S/c1-15(29(2)17-9-5-3-6-10-17)25-22(24)26-19(23)20-27-21(33-28-20)16-13-30(14-16)34(31,32)18-11-7-4-8-12-18/h3-12,16H,1,13-14H2,2H3,(H4,23,24,25,26). The van der Waals surface area contributed by atoms with Crippen molar-refractivity contribution in [2.45, 2.75) is 10.8 Å². The monoisotopic (exact) mass is 480 g/mol. The molecule has 0 amide bonds. The Hall–Kier alpha value is -4.03. The summed E-state index contributed by atoms with van der Waals surface area (Å²) in [5.74, 6) is 0.233. The Labute approximate surface area is 197 Å². The lowest BCUT2D eigenvalue weighted by molar-refractivity contribution is 0.216. The molecular formula is C22H24N8O3S. The average Bonchev–Trinajstić information content (AvgIpc) is 3.28. The maximum atomic E-state index is 12.6. The smallest absolute Gasteiger partial charge is 0.243 e. The van der Waals surface area contributed by atoms with Gasteiger partial charge < -0.3 is 20.9 Å². The van der Waals surface area contributed by atoms with Crippen molar-refractivity contribution < 1.29 is 12.9 Å². The van der Waals surface area contributed by atoms with Gasteiger partial charge in [0, 0.05) is 25.8 Å². The molecule has 2 heterocycles. The highest BCUT2D eigenvalue weighted by molar-refractivity contribution is 7.89. The van der Waals surface area contributed by atoms with E-state index in [1.54, 1.807) is 42.3 Å². The Morgan fingerprint density at radius 1 is 1.09 bits per heavy atom. The highest BCUT2D eigenvalue weighted by Crippen LogP contribution is 2.31. The number of aliphatic imine (C=N–C) groups is 2. The second-order valence-corrected chi connectivity index (χ2v) is 9.50. The molecule has 4 N–H and O–H groups in total. The van der Waals surface area contributed by atoms with Crippen molar-refractivity contribution in [2.75, 3.05) is 25.0 Å².